The van der Waals surface area contributed by atoms with Gasteiger partial charge in [-0.1, -0.05) is 42.0 Å². The van der Waals surface area contributed by atoms with Gasteiger partial charge >= 0.3 is 0 Å². The Hall–Kier alpha value is -1.96. The molecular formula is C16H18N2. The maximum atomic E-state index is 3.62. The van der Waals surface area contributed by atoms with E-state index in [1.54, 1.807) is 0 Å². The Labute approximate surface area is 108 Å². The Balaban J connectivity index is 1.93. The molecule has 0 aromatic heterocycles. The molecule has 3 rings (SSSR count). The van der Waals surface area contributed by atoms with Crippen molar-refractivity contribution in [3.8, 4) is 0 Å². The third kappa shape index (κ3) is 1.94. The fourth-order valence-corrected chi connectivity index (χ4v) is 2.50. The minimum Gasteiger partial charge on any atom is -0.379 e. The van der Waals surface area contributed by atoms with Gasteiger partial charge in [0.15, 0.2) is 0 Å². The Morgan fingerprint density at radius 3 is 2.11 bits per heavy atom. The van der Waals surface area contributed by atoms with Crippen molar-refractivity contribution in [3.63, 3.8) is 0 Å². The predicted molar refractivity (Wildman–Crippen MR) is 77.1 cm³/mol. The molecule has 0 saturated heterocycles. The smallest absolute Gasteiger partial charge is 0.0713 e. The monoisotopic (exact) mass is 238 g/mol. The van der Waals surface area contributed by atoms with Crippen molar-refractivity contribution in [1.82, 2.24) is 0 Å². The zero-order valence-corrected chi connectivity index (χ0v) is 10.8. The number of nitrogens with one attached hydrogen (secondary N) is 2. The molecule has 2 atom stereocenters. The van der Waals surface area contributed by atoms with E-state index in [0.29, 0.717) is 12.1 Å². The Morgan fingerprint density at radius 2 is 1.44 bits per heavy atom. The van der Waals surface area contributed by atoms with Crippen LogP contribution in [0.25, 0.3) is 0 Å². The van der Waals surface area contributed by atoms with Crippen LogP contribution in [-0.2, 0) is 0 Å². The van der Waals surface area contributed by atoms with Crippen molar-refractivity contribution in [2.24, 2.45) is 0 Å². The maximum Gasteiger partial charge on any atom is 0.0713 e. The summed E-state index contributed by atoms with van der Waals surface area (Å²) >= 11 is 0. The van der Waals surface area contributed by atoms with Gasteiger partial charge in [-0.2, -0.15) is 0 Å². The number of rotatable bonds is 1. The van der Waals surface area contributed by atoms with Gasteiger partial charge in [-0.15, -0.1) is 0 Å². The van der Waals surface area contributed by atoms with E-state index in [1.807, 2.05) is 0 Å². The van der Waals surface area contributed by atoms with Gasteiger partial charge in [0.25, 0.3) is 0 Å². The Bertz CT molecular complexity index is 545. The van der Waals surface area contributed by atoms with Gasteiger partial charge in [-0.3, -0.25) is 0 Å². The number of para-hydroxylation sites is 2. The molecule has 92 valence electrons. The lowest BCUT2D eigenvalue weighted by Crippen LogP contribution is -2.34. The van der Waals surface area contributed by atoms with Crippen LogP contribution in [0.15, 0.2) is 48.5 Å². The maximum absolute atomic E-state index is 3.62. The van der Waals surface area contributed by atoms with Crippen LogP contribution in [0.1, 0.15) is 24.1 Å². The molecule has 0 radical (unpaired) electrons. The lowest BCUT2D eigenvalue weighted by molar-refractivity contribution is 0.650. The summed E-state index contributed by atoms with van der Waals surface area (Å²) < 4.78 is 0. The van der Waals surface area contributed by atoms with Gasteiger partial charge < -0.3 is 10.6 Å². The van der Waals surface area contributed by atoms with E-state index >= 15 is 0 Å². The molecule has 2 heteroatoms. The van der Waals surface area contributed by atoms with Crippen LogP contribution < -0.4 is 10.6 Å². The number of anilines is 2. The van der Waals surface area contributed by atoms with E-state index < -0.39 is 0 Å². The third-order valence-corrected chi connectivity index (χ3v) is 3.56. The highest BCUT2D eigenvalue weighted by atomic mass is 15.1. The number of aryl methyl sites for hydroxylation is 1. The van der Waals surface area contributed by atoms with Crippen LogP contribution in [0.4, 0.5) is 11.4 Å². The van der Waals surface area contributed by atoms with Crippen LogP contribution in [0.3, 0.4) is 0 Å². The van der Waals surface area contributed by atoms with Gasteiger partial charge in [0, 0.05) is 6.04 Å². The van der Waals surface area contributed by atoms with Gasteiger partial charge in [0.2, 0.25) is 0 Å². The topological polar surface area (TPSA) is 24.1 Å². The van der Waals surface area contributed by atoms with Crippen LogP contribution in [0.5, 0.6) is 0 Å². The molecule has 1 aliphatic heterocycles. The first kappa shape index (κ1) is 11.1. The normalized spacial score (nSPS) is 21.7. The molecule has 1 heterocycles. The van der Waals surface area contributed by atoms with Crippen LogP contribution in [0, 0.1) is 6.92 Å². The predicted octanol–water partition coefficient (Wildman–Crippen LogP) is 3.96. The molecule has 2 N–H and O–H groups in total. The van der Waals surface area contributed by atoms with E-state index in [0.717, 1.165) is 0 Å². The molecule has 2 nitrogen and oxygen atoms in total. The van der Waals surface area contributed by atoms with Gasteiger partial charge in [-0.25, -0.2) is 0 Å². The Kier molecular flexibility index (Phi) is 2.71. The zero-order valence-electron chi connectivity index (χ0n) is 10.8. The molecule has 0 aliphatic carbocycles. The molecule has 18 heavy (non-hydrogen) atoms. The van der Waals surface area contributed by atoms with E-state index in [9.17, 15) is 0 Å². The molecule has 1 aliphatic rings. The van der Waals surface area contributed by atoms with Crippen LogP contribution >= 0.6 is 0 Å². The summed E-state index contributed by atoms with van der Waals surface area (Å²) in [5.74, 6) is 0. The highest BCUT2D eigenvalue weighted by Crippen LogP contribution is 2.34. The van der Waals surface area contributed by atoms with Crippen molar-refractivity contribution in [3.05, 3.63) is 59.7 Å². The lowest BCUT2D eigenvalue weighted by Gasteiger charge is -2.34. The minimum absolute atomic E-state index is 0.320. The lowest BCUT2D eigenvalue weighted by atomic mass is 9.96. The largest absolute Gasteiger partial charge is 0.379 e. The highest BCUT2D eigenvalue weighted by molar-refractivity contribution is 5.72. The van der Waals surface area contributed by atoms with Crippen molar-refractivity contribution in [1.29, 1.82) is 0 Å². The Morgan fingerprint density at radius 1 is 0.833 bits per heavy atom. The van der Waals surface area contributed by atoms with E-state index in [1.165, 1.54) is 22.5 Å². The number of hydrogen-bond donors (Lipinski definition) is 2. The zero-order chi connectivity index (χ0) is 12.5. The van der Waals surface area contributed by atoms with E-state index in [2.05, 4.69) is 73.0 Å². The molecule has 0 bridgehead atoms. The molecule has 0 amide bonds. The summed E-state index contributed by atoms with van der Waals surface area (Å²) in [5.41, 5.74) is 5.00. The minimum atomic E-state index is 0.320. The van der Waals surface area contributed by atoms with Gasteiger partial charge in [0.1, 0.15) is 0 Å². The molecule has 0 fully saturated rings. The average molecular weight is 238 g/mol. The standard InChI is InChI=1S/C16H18N2/c1-11-7-9-13(10-8-11)16-12(2)17-14-5-3-4-6-15(14)18-16/h3-10,12,16-18H,1-2H3/t12-,16-/m0/s1. The molecule has 2 aromatic carbocycles. The van der Waals surface area contributed by atoms with Crippen LogP contribution in [-0.4, -0.2) is 6.04 Å². The van der Waals surface area contributed by atoms with E-state index in [4.69, 9.17) is 0 Å². The summed E-state index contributed by atoms with van der Waals surface area (Å²) in [4.78, 5) is 0. The number of fused-ring (bicyclic) bond motifs is 1. The molecule has 0 saturated carbocycles. The summed E-state index contributed by atoms with van der Waals surface area (Å²) in [6.07, 6.45) is 0. The molecule has 2 aromatic rings. The van der Waals surface area contributed by atoms with Crippen molar-refractivity contribution in [2.75, 3.05) is 10.6 Å². The second kappa shape index (κ2) is 4.37. The third-order valence-electron chi connectivity index (χ3n) is 3.56. The summed E-state index contributed by atoms with van der Waals surface area (Å²) in [6, 6.07) is 17.8. The summed E-state index contributed by atoms with van der Waals surface area (Å²) in [5, 5.41) is 7.18. The number of hydrogen-bond acceptors (Lipinski definition) is 2. The molecule has 0 spiro atoms. The first-order chi connectivity index (χ1) is 8.74. The molecular weight excluding hydrogens is 220 g/mol. The summed E-state index contributed by atoms with van der Waals surface area (Å²) in [6.45, 7) is 4.34. The fraction of sp³-hybridized carbons (Fsp3) is 0.250. The first-order valence-electron chi connectivity index (χ1n) is 6.43. The second-order valence-electron chi connectivity index (χ2n) is 5.01. The quantitative estimate of drug-likeness (QED) is 0.785. The van der Waals surface area contributed by atoms with Gasteiger partial charge in [0.05, 0.1) is 17.4 Å². The molecule has 0 unspecified atom stereocenters. The number of benzene rings is 2. The summed E-state index contributed by atoms with van der Waals surface area (Å²) in [7, 11) is 0. The van der Waals surface area contributed by atoms with Crippen LogP contribution in [0.2, 0.25) is 0 Å². The SMILES string of the molecule is Cc1ccc([C@H]2Nc3ccccc3N[C@H]2C)cc1. The van der Waals surface area contributed by atoms with Crippen molar-refractivity contribution in [2.45, 2.75) is 25.9 Å². The highest BCUT2D eigenvalue weighted by Gasteiger charge is 2.24. The van der Waals surface area contributed by atoms with E-state index in [-0.39, 0.29) is 0 Å². The fourth-order valence-electron chi connectivity index (χ4n) is 2.50. The second-order valence-corrected chi connectivity index (χ2v) is 5.01. The first-order valence-corrected chi connectivity index (χ1v) is 6.43. The van der Waals surface area contributed by atoms with Crippen molar-refractivity contribution < 1.29 is 0 Å². The van der Waals surface area contributed by atoms with Gasteiger partial charge in [-0.05, 0) is 31.5 Å². The average Bonchev–Trinajstić information content (AvgIpc) is 2.39. The van der Waals surface area contributed by atoms with Crippen molar-refractivity contribution >= 4 is 11.4 Å².